The number of aliphatic imine (C=N–C) groups is 1. The molecular formula is C20H15N3O2S. The van der Waals surface area contributed by atoms with Crippen molar-refractivity contribution in [2.45, 2.75) is 0 Å². The molecule has 6 heteroatoms. The second-order valence-electron chi connectivity index (χ2n) is 5.96. The first-order valence-electron chi connectivity index (χ1n) is 8.04. The summed E-state index contributed by atoms with van der Waals surface area (Å²) < 4.78 is 1.53. The fourth-order valence-electron chi connectivity index (χ4n) is 2.97. The van der Waals surface area contributed by atoms with E-state index >= 15 is 0 Å². The topological polar surface area (TPSA) is 70.4 Å². The monoisotopic (exact) mass is 361 g/mol. The number of nitrogens with one attached hydrogen (secondary N) is 1. The summed E-state index contributed by atoms with van der Waals surface area (Å²) in [4.78, 5) is 19.7. The highest BCUT2D eigenvalue weighted by Gasteiger charge is 2.23. The second-order valence-corrected chi connectivity index (χ2v) is 6.34. The molecule has 0 saturated carbocycles. The molecule has 26 heavy (non-hydrogen) atoms. The van der Waals surface area contributed by atoms with E-state index in [1.54, 1.807) is 13.1 Å². The third kappa shape index (κ3) is 2.60. The third-order valence-corrected chi connectivity index (χ3v) is 4.72. The molecule has 0 unspecified atom stereocenters. The van der Waals surface area contributed by atoms with Crippen LogP contribution in [0.4, 0.5) is 5.69 Å². The number of H-pyrrole nitrogens is 1. The zero-order valence-electron chi connectivity index (χ0n) is 13.9. The van der Waals surface area contributed by atoms with E-state index in [0.29, 0.717) is 0 Å². The van der Waals surface area contributed by atoms with Crippen molar-refractivity contribution in [3.8, 4) is 5.88 Å². The highest BCUT2D eigenvalue weighted by atomic mass is 32.1. The van der Waals surface area contributed by atoms with Gasteiger partial charge in [-0.3, -0.25) is 14.3 Å². The summed E-state index contributed by atoms with van der Waals surface area (Å²) in [5.74, 6) is -0.178. The average molecular weight is 361 g/mol. The fraction of sp³-hybridized carbons (Fsp3) is 0.0500. The first-order chi connectivity index (χ1) is 12.6. The Morgan fingerprint density at radius 3 is 2.58 bits per heavy atom. The van der Waals surface area contributed by atoms with Crippen LogP contribution in [0, 0.1) is 4.77 Å². The third-order valence-electron chi connectivity index (χ3n) is 4.35. The molecule has 0 saturated heterocycles. The number of hydrogen-bond donors (Lipinski definition) is 2. The minimum atomic E-state index is -0.435. The lowest BCUT2D eigenvalue weighted by Gasteiger charge is -2.09. The van der Waals surface area contributed by atoms with E-state index in [4.69, 9.17) is 17.2 Å². The average Bonchev–Trinajstić information content (AvgIpc) is 3.03. The molecule has 2 N–H and O–H groups in total. The summed E-state index contributed by atoms with van der Waals surface area (Å²) >= 11 is 5.04. The van der Waals surface area contributed by atoms with E-state index < -0.39 is 5.56 Å². The van der Waals surface area contributed by atoms with Gasteiger partial charge in [0, 0.05) is 23.7 Å². The van der Waals surface area contributed by atoms with Gasteiger partial charge >= 0.3 is 0 Å². The molecule has 1 aliphatic rings. The van der Waals surface area contributed by atoms with E-state index in [-0.39, 0.29) is 16.2 Å². The summed E-state index contributed by atoms with van der Waals surface area (Å²) in [5.41, 5.74) is 3.94. The number of para-hydroxylation sites is 1. The summed E-state index contributed by atoms with van der Waals surface area (Å²) in [7, 11) is 1.60. The molecule has 3 aromatic rings. The van der Waals surface area contributed by atoms with Crippen molar-refractivity contribution >= 4 is 35.3 Å². The van der Waals surface area contributed by atoms with E-state index in [1.807, 2.05) is 54.6 Å². The molecule has 128 valence electrons. The van der Waals surface area contributed by atoms with Crippen LogP contribution in [0.5, 0.6) is 5.88 Å². The van der Waals surface area contributed by atoms with E-state index in [2.05, 4.69) is 4.98 Å². The van der Waals surface area contributed by atoms with Crippen LogP contribution >= 0.6 is 12.2 Å². The van der Waals surface area contributed by atoms with Gasteiger partial charge in [-0.15, -0.1) is 0 Å². The molecule has 0 radical (unpaired) electrons. The maximum atomic E-state index is 12.4. The lowest BCUT2D eigenvalue weighted by atomic mass is 9.96. The Kier molecular flexibility index (Phi) is 3.89. The smallest absolute Gasteiger partial charge is 0.262 e. The van der Waals surface area contributed by atoms with Gasteiger partial charge in [-0.1, -0.05) is 48.5 Å². The molecule has 0 fully saturated rings. The van der Waals surface area contributed by atoms with Crippen LogP contribution < -0.4 is 5.56 Å². The Hall–Kier alpha value is -3.25. The Balaban J connectivity index is 1.98. The summed E-state index contributed by atoms with van der Waals surface area (Å²) in [6, 6.07) is 17.5. The minimum absolute atomic E-state index is 0.149. The largest absolute Gasteiger partial charge is 0.494 e. The number of aromatic nitrogens is 2. The zero-order chi connectivity index (χ0) is 18.3. The maximum absolute atomic E-state index is 12.4. The van der Waals surface area contributed by atoms with Crippen LogP contribution in [-0.2, 0) is 7.05 Å². The van der Waals surface area contributed by atoms with Gasteiger partial charge in [0.05, 0.1) is 11.4 Å². The van der Waals surface area contributed by atoms with Crippen LogP contribution in [0.3, 0.4) is 0 Å². The van der Waals surface area contributed by atoms with Crippen molar-refractivity contribution in [3.05, 3.63) is 86.4 Å². The van der Waals surface area contributed by atoms with Crippen LogP contribution in [0.1, 0.15) is 16.7 Å². The molecule has 2 heterocycles. The van der Waals surface area contributed by atoms with Gasteiger partial charge in [-0.05, 0) is 24.4 Å². The van der Waals surface area contributed by atoms with Crippen molar-refractivity contribution in [3.63, 3.8) is 0 Å². The quantitative estimate of drug-likeness (QED) is 0.682. The van der Waals surface area contributed by atoms with E-state index in [9.17, 15) is 9.90 Å². The van der Waals surface area contributed by atoms with Gasteiger partial charge in [0.2, 0.25) is 5.88 Å². The Bertz CT molecular complexity index is 1190. The number of aromatic hydroxyl groups is 1. The molecule has 0 aliphatic carbocycles. The number of hydrogen-bond acceptors (Lipinski definition) is 4. The van der Waals surface area contributed by atoms with Crippen molar-refractivity contribution in [1.29, 1.82) is 0 Å². The predicted molar refractivity (Wildman–Crippen MR) is 105 cm³/mol. The fourth-order valence-corrected chi connectivity index (χ4v) is 3.15. The van der Waals surface area contributed by atoms with Crippen LogP contribution in [0.15, 0.2) is 64.4 Å². The molecule has 0 amide bonds. The van der Waals surface area contributed by atoms with Crippen molar-refractivity contribution in [2.24, 2.45) is 12.0 Å². The van der Waals surface area contributed by atoms with Crippen LogP contribution in [0.25, 0.3) is 11.6 Å². The summed E-state index contributed by atoms with van der Waals surface area (Å²) in [6.07, 6.45) is 1.67. The van der Waals surface area contributed by atoms with E-state index in [0.717, 1.165) is 28.1 Å². The highest BCUT2D eigenvalue weighted by Crippen LogP contribution is 2.38. The molecule has 2 aromatic carbocycles. The van der Waals surface area contributed by atoms with Crippen molar-refractivity contribution in [2.75, 3.05) is 0 Å². The summed E-state index contributed by atoms with van der Waals surface area (Å²) in [5, 5.41) is 10.4. The molecule has 1 aromatic heterocycles. The molecule has 0 bridgehead atoms. The SMILES string of the molecule is Cn1c(O)c(/C=C2/C(c3ccccc3)=Nc3ccccc32)c(=O)[nH]c1=S. The first kappa shape index (κ1) is 16.2. The second kappa shape index (κ2) is 6.24. The number of rotatable bonds is 2. The molecule has 4 rings (SSSR count). The standard InChI is InChI=1S/C20H15N3O2S/c1-23-19(25)15(18(24)22-20(23)26)11-14-13-9-5-6-10-16(13)21-17(14)12-7-3-2-4-8-12/h2-11,25H,1H3,(H,22,24,26)/b14-11+. The van der Waals surface area contributed by atoms with Gasteiger partial charge in [-0.25, -0.2) is 4.99 Å². The predicted octanol–water partition coefficient (Wildman–Crippen LogP) is 3.82. The minimum Gasteiger partial charge on any atom is -0.494 e. The maximum Gasteiger partial charge on any atom is 0.262 e. The molecule has 5 nitrogen and oxygen atoms in total. The molecular weight excluding hydrogens is 346 g/mol. The number of nitrogens with zero attached hydrogens (tertiary/aromatic N) is 2. The molecule has 0 spiro atoms. The normalized spacial score (nSPS) is 14.3. The number of allylic oxidation sites excluding steroid dienone is 1. The van der Waals surface area contributed by atoms with Gasteiger partial charge in [0.1, 0.15) is 5.56 Å². The van der Waals surface area contributed by atoms with Gasteiger partial charge in [0.15, 0.2) is 4.77 Å². The van der Waals surface area contributed by atoms with Crippen LogP contribution in [-0.4, -0.2) is 20.4 Å². The summed E-state index contributed by atoms with van der Waals surface area (Å²) in [6.45, 7) is 0. The molecule has 0 atom stereocenters. The number of fused-ring (bicyclic) bond motifs is 1. The van der Waals surface area contributed by atoms with Crippen molar-refractivity contribution in [1.82, 2.24) is 9.55 Å². The molecule has 1 aliphatic heterocycles. The van der Waals surface area contributed by atoms with Gasteiger partial charge in [-0.2, -0.15) is 0 Å². The first-order valence-corrected chi connectivity index (χ1v) is 8.45. The number of aromatic amines is 1. The Labute approximate surface area is 154 Å². The van der Waals surface area contributed by atoms with Crippen LogP contribution in [0.2, 0.25) is 0 Å². The number of benzene rings is 2. The van der Waals surface area contributed by atoms with Gasteiger partial charge in [0.25, 0.3) is 5.56 Å². The van der Waals surface area contributed by atoms with Gasteiger partial charge < -0.3 is 5.11 Å². The lowest BCUT2D eigenvalue weighted by molar-refractivity contribution is 0.419. The lowest BCUT2D eigenvalue weighted by Crippen LogP contribution is -2.15. The highest BCUT2D eigenvalue weighted by molar-refractivity contribution is 7.71. The Morgan fingerprint density at radius 1 is 1.12 bits per heavy atom. The Morgan fingerprint density at radius 2 is 1.81 bits per heavy atom. The van der Waals surface area contributed by atoms with Crippen molar-refractivity contribution < 1.29 is 5.11 Å². The zero-order valence-corrected chi connectivity index (χ0v) is 14.7. The van der Waals surface area contributed by atoms with E-state index in [1.165, 1.54) is 4.57 Å².